The Morgan fingerprint density at radius 3 is 2.61 bits per heavy atom. The minimum absolute atomic E-state index is 0. The van der Waals surface area contributed by atoms with Gasteiger partial charge in [0.15, 0.2) is 0 Å². The van der Waals surface area contributed by atoms with Crippen molar-refractivity contribution in [2.45, 2.75) is 6.04 Å². The molecule has 0 unspecified atom stereocenters. The van der Waals surface area contributed by atoms with Crippen molar-refractivity contribution in [3.05, 3.63) is 47.3 Å². The van der Waals surface area contributed by atoms with Crippen LogP contribution in [-0.4, -0.2) is 31.1 Å². The maximum atomic E-state index is 13.1. The molecule has 0 bridgehead atoms. The number of hydrogen-bond acceptors (Lipinski definition) is 2. The number of hydrogen-bond donors (Lipinski definition) is 1. The van der Waals surface area contributed by atoms with E-state index in [4.69, 9.17) is 11.6 Å². The van der Waals surface area contributed by atoms with E-state index in [1.54, 1.807) is 12.1 Å². The van der Waals surface area contributed by atoms with Crippen LogP contribution in [0.4, 0.5) is 4.39 Å². The summed E-state index contributed by atoms with van der Waals surface area (Å²) in [6.45, 7) is 7.74. The Labute approximate surface area is 118 Å². The molecule has 18 heavy (non-hydrogen) atoms. The lowest BCUT2D eigenvalue weighted by Gasteiger charge is -2.33. The highest BCUT2D eigenvalue weighted by atomic mass is 35.5. The van der Waals surface area contributed by atoms with Gasteiger partial charge in [-0.05, 0) is 17.7 Å². The predicted octanol–water partition coefficient (Wildman–Crippen LogP) is 3.03. The molecule has 100 valence electrons. The predicted molar refractivity (Wildman–Crippen MR) is 76.0 cm³/mol. The average molecular weight is 291 g/mol. The van der Waals surface area contributed by atoms with E-state index >= 15 is 0 Å². The minimum Gasteiger partial charge on any atom is -0.314 e. The number of piperazine rings is 1. The molecule has 1 aliphatic rings. The van der Waals surface area contributed by atoms with Gasteiger partial charge in [0.1, 0.15) is 5.82 Å². The van der Waals surface area contributed by atoms with E-state index in [2.05, 4.69) is 16.8 Å². The van der Waals surface area contributed by atoms with E-state index in [1.165, 1.54) is 6.07 Å². The number of nitrogens with zero attached hydrogens (tertiary/aromatic N) is 1. The highest BCUT2D eigenvalue weighted by molar-refractivity contribution is 6.30. The van der Waals surface area contributed by atoms with Crippen LogP contribution in [0.2, 0.25) is 5.02 Å². The van der Waals surface area contributed by atoms with Crippen LogP contribution in [0.15, 0.2) is 30.9 Å². The van der Waals surface area contributed by atoms with Crippen molar-refractivity contribution in [1.29, 1.82) is 0 Å². The summed E-state index contributed by atoms with van der Waals surface area (Å²) in [6.07, 6.45) is 1.88. The highest BCUT2D eigenvalue weighted by Gasteiger charge is 2.19. The molecule has 0 amide bonds. The second-order valence-corrected chi connectivity index (χ2v) is 4.55. The molecule has 2 nitrogen and oxygen atoms in total. The SMILES string of the molecule is C=C[C@@H](c1ccc(F)c(Cl)c1)N1CCNCC1.Cl. The first-order valence-corrected chi connectivity index (χ1v) is 6.12. The summed E-state index contributed by atoms with van der Waals surface area (Å²) in [5.41, 5.74) is 0.994. The standard InChI is InChI=1S/C13H16ClFN2.ClH/c1-2-13(17-7-5-16-6-8-17)10-3-4-12(15)11(14)9-10;/h2-4,9,13,16H,1,5-8H2;1H/t13-;/m0./s1. The van der Waals surface area contributed by atoms with Crippen LogP contribution in [0.5, 0.6) is 0 Å². The quantitative estimate of drug-likeness (QED) is 0.861. The molecular weight excluding hydrogens is 274 g/mol. The lowest BCUT2D eigenvalue weighted by Crippen LogP contribution is -2.44. The normalized spacial score (nSPS) is 17.9. The molecule has 0 aliphatic carbocycles. The summed E-state index contributed by atoms with van der Waals surface area (Å²) in [4.78, 5) is 2.31. The molecule has 1 heterocycles. The van der Waals surface area contributed by atoms with Gasteiger partial charge in [-0.3, -0.25) is 4.90 Å². The maximum absolute atomic E-state index is 13.1. The molecule has 5 heteroatoms. The van der Waals surface area contributed by atoms with Gasteiger partial charge < -0.3 is 5.32 Å². The second kappa shape index (κ2) is 7.10. The fourth-order valence-electron chi connectivity index (χ4n) is 2.15. The Hall–Kier alpha value is -0.610. The van der Waals surface area contributed by atoms with Crippen molar-refractivity contribution in [3.8, 4) is 0 Å². The zero-order chi connectivity index (χ0) is 12.3. The topological polar surface area (TPSA) is 15.3 Å². The van der Waals surface area contributed by atoms with Crippen molar-refractivity contribution < 1.29 is 4.39 Å². The monoisotopic (exact) mass is 290 g/mol. The van der Waals surface area contributed by atoms with Gasteiger partial charge in [-0.25, -0.2) is 4.39 Å². The van der Waals surface area contributed by atoms with Crippen molar-refractivity contribution in [1.82, 2.24) is 10.2 Å². The summed E-state index contributed by atoms with van der Waals surface area (Å²) in [7, 11) is 0. The number of halogens is 3. The molecule has 0 saturated carbocycles. The zero-order valence-corrected chi connectivity index (χ0v) is 11.6. The van der Waals surface area contributed by atoms with E-state index in [0.717, 1.165) is 31.7 Å². The smallest absolute Gasteiger partial charge is 0.141 e. The molecule has 2 rings (SSSR count). The Bertz CT molecular complexity index is 406. The third-order valence-corrected chi connectivity index (χ3v) is 3.34. The third-order valence-electron chi connectivity index (χ3n) is 3.05. The largest absolute Gasteiger partial charge is 0.314 e. The Balaban J connectivity index is 0.00000162. The first-order valence-electron chi connectivity index (χ1n) is 5.74. The number of nitrogens with one attached hydrogen (secondary N) is 1. The fraction of sp³-hybridized carbons (Fsp3) is 0.385. The molecule has 1 N–H and O–H groups in total. The summed E-state index contributed by atoms with van der Waals surface area (Å²) >= 11 is 5.81. The van der Waals surface area contributed by atoms with Crippen LogP contribution in [0, 0.1) is 5.82 Å². The molecule has 1 atom stereocenters. The van der Waals surface area contributed by atoms with Crippen molar-refractivity contribution in [3.63, 3.8) is 0 Å². The summed E-state index contributed by atoms with van der Waals surface area (Å²) in [5.74, 6) is -0.376. The lowest BCUT2D eigenvalue weighted by molar-refractivity contribution is 0.203. The summed E-state index contributed by atoms with van der Waals surface area (Å²) in [6, 6.07) is 4.98. The van der Waals surface area contributed by atoms with Gasteiger partial charge in [0.25, 0.3) is 0 Å². The van der Waals surface area contributed by atoms with Gasteiger partial charge in [0.2, 0.25) is 0 Å². The van der Waals surface area contributed by atoms with Crippen LogP contribution >= 0.6 is 24.0 Å². The van der Waals surface area contributed by atoms with E-state index in [-0.39, 0.29) is 29.3 Å². The maximum Gasteiger partial charge on any atom is 0.141 e. The molecule has 1 aliphatic heterocycles. The van der Waals surface area contributed by atoms with Crippen molar-refractivity contribution in [2.24, 2.45) is 0 Å². The van der Waals surface area contributed by atoms with Crippen LogP contribution in [0.1, 0.15) is 11.6 Å². The molecule has 0 radical (unpaired) electrons. The van der Waals surface area contributed by atoms with Crippen molar-refractivity contribution >= 4 is 24.0 Å². The Morgan fingerprint density at radius 2 is 2.06 bits per heavy atom. The average Bonchev–Trinajstić information content (AvgIpc) is 2.36. The van der Waals surface area contributed by atoms with Crippen LogP contribution in [0.3, 0.4) is 0 Å². The van der Waals surface area contributed by atoms with Crippen LogP contribution in [0.25, 0.3) is 0 Å². The summed E-state index contributed by atoms with van der Waals surface area (Å²) in [5, 5.41) is 3.47. The summed E-state index contributed by atoms with van der Waals surface area (Å²) < 4.78 is 13.1. The fourth-order valence-corrected chi connectivity index (χ4v) is 2.34. The molecule has 1 saturated heterocycles. The molecule has 1 aromatic rings. The van der Waals surface area contributed by atoms with Gasteiger partial charge in [0.05, 0.1) is 11.1 Å². The minimum atomic E-state index is -0.376. The highest BCUT2D eigenvalue weighted by Crippen LogP contribution is 2.26. The van der Waals surface area contributed by atoms with Gasteiger partial charge in [-0.2, -0.15) is 0 Å². The van der Waals surface area contributed by atoms with Gasteiger partial charge in [-0.15, -0.1) is 19.0 Å². The zero-order valence-electron chi connectivity index (χ0n) is 10.0. The second-order valence-electron chi connectivity index (χ2n) is 4.14. The Kier molecular flexibility index (Phi) is 6.09. The van der Waals surface area contributed by atoms with Crippen molar-refractivity contribution in [2.75, 3.05) is 26.2 Å². The molecule has 1 aromatic carbocycles. The van der Waals surface area contributed by atoms with Crippen LogP contribution in [-0.2, 0) is 0 Å². The van der Waals surface area contributed by atoms with E-state index in [0.29, 0.717) is 0 Å². The van der Waals surface area contributed by atoms with Gasteiger partial charge >= 0.3 is 0 Å². The van der Waals surface area contributed by atoms with Crippen LogP contribution < -0.4 is 5.32 Å². The van der Waals surface area contributed by atoms with E-state index in [9.17, 15) is 4.39 Å². The molecule has 1 fully saturated rings. The third kappa shape index (κ3) is 3.45. The van der Waals surface area contributed by atoms with Gasteiger partial charge in [0, 0.05) is 26.2 Å². The van der Waals surface area contributed by atoms with E-state index < -0.39 is 0 Å². The van der Waals surface area contributed by atoms with Gasteiger partial charge in [-0.1, -0.05) is 23.7 Å². The first kappa shape index (κ1) is 15.4. The Morgan fingerprint density at radius 1 is 1.39 bits per heavy atom. The molecule has 0 spiro atoms. The number of benzene rings is 1. The lowest BCUT2D eigenvalue weighted by atomic mass is 10.0. The van der Waals surface area contributed by atoms with E-state index in [1.807, 2.05) is 6.08 Å². The molecular formula is C13H17Cl2FN2. The number of rotatable bonds is 3. The first-order chi connectivity index (χ1) is 8.22. The molecule has 0 aromatic heterocycles.